The zero-order valence-electron chi connectivity index (χ0n) is 9.16. The number of ether oxygens (including phenoxy) is 1. The van der Waals surface area contributed by atoms with Crippen LogP contribution in [0.2, 0.25) is 5.02 Å². The fourth-order valence-corrected chi connectivity index (χ4v) is 2.76. The highest BCUT2D eigenvalue weighted by Gasteiger charge is 2.03. The van der Waals surface area contributed by atoms with Crippen LogP contribution in [0.4, 0.5) is 0 Å². The lowest BCUT2D eigenvalue weighted by Gasteiger charge is -2.08. The van der Waals surface area contributed by atoms with Crippen molar-refractivity contribution in [3.63, 3.8) is 0 Å². The van der Waals surface area contributed by atoms with Gasteiger partial charge in [0.05, 0.1) is 11.6 Å². The largest absolute Gasteiger partial charge is 0.492 e. The molecule has 0 amide bonds. The van der Waals surface area contributed by atoms with E-state index < -0.39 is 0 Å². The highest BCUT2D eigenvalue weighted by molar-refractivity contribution is 9.08. The predicted molar refractivity (Wildman–Crippen MR) is 77.6 cm³/mol. The van der Waals surface area contributed by atoms with Gasteiger partial charge in [0.2, 0.25) is 0 Å². The number of benzene rings is 1. The first-order valence-electron chi connectivity index (χ1n) is 5.29. The third-order valence-electron chi connectivity index (χ3n) is 2.34. The second-order valence-electron chi connectivity index (χ2n) is 3.58. The third-order valence-corrected chi connectivity index (χ3v) is 4.22. The van der Waals surface area contributed by atoms with Crippen LogP contribution in [0.3, 0.4) is 0 Å². The molecule has 0 radical (unpaired) electrons. The van der Waals surface area contributed by atoms with E-state index in [9.17, 15) is 0 Å². The summed E-state index contributed by atoms with van der Waals surface area (Å²) >= 11 is 11.3. The average Bonchev–Trinajstić information content (AvgIpc) is 2.84. The van der Waals surface area contributed by atoms with Crippen molar-refractivity contribution >= 4 is 38.9 Å². The summed E-state index contributed by atoms with van der Waals surface area (Å²) in [5.74, 6) is 0.757. The van der Waals surface area contributed by atoms with Gasteiger partial charge in [0.1, 0.15) is 5.75 Å². The standard InChI is InChI=1S/C13H12BrClOS/c14-9-10-3-4-13(12(15)8-10)16-6-5-11-2-1-7-17-11/h1-4,7-8H,5-6,9H2. The Hall–Kier alpha value is -0.510. The molecule has 0 aliphatic rings. The van der Waals surface area contributed by atoms with Gasteiger partial charge < -0.3 is 4.74 Å². The summed E-state index contributed by atoms with van der Waals surface area (Å²) in [6.07, 6.45) is 0.925. The zero-order valence-corrected chi connectivity index (χ0v) is 12.3. The number of halogens is 2. The van der Waals surface area contributed by atoms with E-state index in [1.165, 1.54) is 4.88 Å². The van der Waals surface area contributed by atoms with Crippen molar-refractivity contribution in [1.29, 1.82) is 0 Å². The summed E-state index contributed by atoms with van der Waals surface area (Å²) < 4.78 is 5.67. The maximum Gasteiger partial charge on any atom is 0.137 e. The number of rotatable bonds is 5. The van der Waals surface area contributed by atoms with Gasteiger partial charge in [-0.2, -0.15) is 0 Å². The lowest BCUT2D eigenvalue weighted by atomic mass is 10.2. The normalized spacial score (nSPS) is 10.5. The summed E-state index contributed by atoms with van der Waals surface area (Å²) in [5.41, 5.74) is 1.15. The van der Waals surface area contributed by atoms with Crippen molar-refractivity contribution in [3.8, 4) is 5.75 Å². The quantitative estimate of drug-likeness (QED) is 0.707. The van der Waals surface area contributed by atoms with E-state index in [2.05, 4.69) is 33.4 Å². The molecule has 0 saturated carbocycles. The van der Waals surface area contributed by atoms with Gasteiger partial charge >= 0.3 is 0 Å². The number of hydrogen-bond acceptors (Lipinski definition) is 2. The molecule has 0 unspecified atom stereocenters. The molecule has 0 atom stereocenters. The molecule has 0 N–H and O–H groups in total. The van der Waals surface area contributed by atoms with Gasteiger partial charge in [-0.25, -0.2) is 0 Å². The minimum Gasteiger partial charge on any atom is -0.492 e. The maximum atomic E-state index is 6.13. The lowest BCUT2D eigenvalue weighted by molar-refractivity contribution is 0.323. The summed E-state index contributed by atoms with van der Waals surface area (Å²) in [6, 6.07) is 10.0. The van der Waals surface area contributed by atoms with Crippen molar-refractivity contribution in [2.45, 2.75) is 11.8 Å². The molecule has 0 aliphatic heterocycles. The Morgan fingerprint density at radius 1 is 1.29 bits per heavy atom. The number of alkyl halides is 1. The fourth-order valence-electron chi connectivity index (χ4n) is 1.46. The van der Waals surface area contributed by atoms with Gasteiger partial charge in [0, 0.05) is 16.6 Å². The molecular weight excluding hydrogens is 320 g/mol. The summed E-state index contributed by atoms with van der Waals surface area (Å²) in [6.45, 7) is 0.661. The van der Waals surface area contributed by atoms with E-state index >= 15 is 0 Å². The Kier molecular flexibility index (Phi) is 4.89. The van der Waals surface area contributed by atoms with Crippen molar-refractivity contribution < 1.29 is 4.74 Å². The van der Waals surface area contributed by atoms with E-state index in [0.29, 0.717) is 11.6 Å². The van der Waals surface area contributed by atoms with E-state index in [-0.39, 0.29) is 0 Å². The van der Waals surface area contributed by atoms with Crippen molar-refractivity contribution in [2.75, 3.05) is 6.61 Å². The monoisotopic (exact) mass is 330 g/mol. The molecule has 4 heteroatoms. The molecule has 1 aromatic carbocycles. The Labute approximate surface area is 119 Å². The van der Waals surface area contributed by atoms with Crippen LogP contribution in [-0.4, -0.2) is 6.61 Å². The molecule has 0 bridgehead atoms. The van der Waals surface area contributed by atoms with Gasteiger partial charge in [0.15, 0.2) is 0 Å². The summed E-state index contributed by atoms with van der Waals surface area (Å²) in [5, 5.41) is 3.56. The molecule has 0 saturated heterocycles. The van der Waals surface area contributed by atoms with Gasteiger partial charge in [-0.15, -0.1) is 11.3 Å². The first-order valence-corrected chi connectivity index (χ1v) is 7.67. The molecule has 1 heterocycles. The van der Waals surface area contributed by atoms with Crippen LogP contribution >= 0.6 is 38.9 Å². The van der Waals surface area contributed by atoms with Crippen LogP contribution < -0.4 is 4.74 Å². The molecule has 17 heavy (non-hydrogen) atoms. The SMILES string of the molecule is Clc1cc(CBr)ccc1OCCc1cccs1. The molecule has 1 nitrogen and oxygen atoms in total. The zero-order chi connectivity index (χ0) is 12.1. The Bertz CT molecular complexity index is 470. The average molecular weight is 332 g/mol. The Balaban J connectivity index is 1.90. The van der Waals surface area contributed by atoms with Crippen LogP contribution in [0, 0.1) is 0 Å². The van der Waals surface area contributed by atoms with Crippen LogP contribution in [-0.2, 0) is 11.8 Å². The van der Waals surface area contributed by atoms with E-state index in [1.54, 1.807) is 11.3 Å². The van der Waals surface area contributed by atoms with E-state index in [4.69, 9.17) is 16.3 Å². The van der Waals surface area contributed by atoms with E-state index in [0.717, 1.165) is 23.1 Å². The molecule has 1 aromatic heterocycles. The molecule has 0 aliphatic carbocycles. The van der Waals surface area contributed by atoms with E-state index in [1.807, 2.05) is 18.2 Å². The second kappa shape index (κ2) is 6.43. The topological polar surface area (TPSA) is 9.23 Å². The molecule has 2 aromatic rings. The Morgan fingerprint density at radius 3 is 2.82 bits per heavy atom. The first-order chi connectivity index (χ1) is 8.29. The van der Waals surface area contributed by atoms with Gasteiger partial charge in [-0.05, 0) is 29.1 Å². The minimum absolute atomic E-state index is 0.661. The molecule has 0 spiro atoms. The van der Waals surface area contributed by atoms with Gasteiger partial charge in [0.25, 0.3) is 0 Å². The second-order valence-corrected chi connectivity index (χ2v) is 5.58. The lowest BCUT2D eigenvalue weighted by Crippen LogP contribution is -2.00. The fraction of sp³-hybridized carbons (Fsp3) is 0.231. The van der Waals surface area contributed by atoms with Crippen molar-refractivity contribution in [3.05, 3.63) is 51.2 Å². The predicted octanol–water partition coefficient (Wildman–Crippen LogP) is 4.92. The summed E-state index contributed by atoms with van der Waals surface area (Å²) in [4.78, 5) is 1.33. The minimum atomic E-state index is 0.661. The summed E-state index contributed by atoms with van der Waals surface area (Å²) in [7, 11) is 0. The first kappa shape index (κ1) is 12.9. The number of thiophene rings is 1. The third kappa shape index (κ3) is 3.73. The molecule has 0 fully saturated rings. The maximum absolute atomic E-state index is 6.13. The molecule has 2 rings (SSSR count). The molecule has 90 valence electrons. The highest BCUT2D eigenvalue weighted by Crippen LogP contribution is 2.26. The van der Waals surface area contributed by atoms with Crippen molar-refractivity contribution in [1.82, 2.24) is 0 Å². The van der Waals surface area contributed by atoms with Crippen LogP contribution in [0.25, 0.3) is 0 Å². The highest BCUT2D eigenvalue weighted by atomic mass is 79.9. The Morgan fingerprint density at radius 2 is 2.18 bits per heavy atom. The molecular formula is C13H12BrClOS. The van der Waals surface area contributed by atoms with Gasteiger partial charge in [-0.3, -0.25) is 0 Å². The van der Waals surface area contributed by atoms with Crippen LogP contribution in [0.5, 0.6) is 5.75 Å². The number of hydrogen-bond donors (Lipinski definition) is 0. The van der Waals surface area contributed by atoms with Crippen LogP contribution in [0.1, 0.15) is 10.4 Å². The van der Waals surface area contributed by atoms with Crippen LogP contribution in [0.15, 0.2) is 35.7 Å². The van der Waals surface area contributed by atoms with Gasteiger partial charge in [-0.1, -0.05) is 39.7 Å². The smallest absolute Gasteiger partial charge is 0.137 e. The van der Waals surface area contributed by atoms with Crippen molar-refractivity contribution in [2.24, 2.45) is 0 Å².